The monoisotopic (exact) mass is 210 g/mol. The van der Waals surface area contributed by atoms with E-state index >= 15 is 0 Å². The van der Waals surface area contributed by atoms with E-state index in [0.29, 0.717) is 0 Å². The average molecular weight is 210 g/mol. The van der Waals surface area contributed by atoms with E-state index in [0.717, 1.165) is 12.2 Å². The summed E-state index contributed by atoms with van der Waals surface area (Å²) in [6, 6.07) is 10.6. The first-order valence-corrected chi connectivity index (χ1v) is 5.48. The summed E-state index contributed by atoms with van der Waals surface area (Å²) >= 11 is 0. The number of fused-ring (bicyclic) bond motifs is 3. The fraction of sp³-hybridized carbons (Fsp3) is 0.143. The van der Waals surface area contributed by atoms with Crippen LogP contribution < -0.4 is 10.9 Å². The molecule has 1 aliphatic heterocycles. The molecule has 2 aromatic rings. The molecule has 0 saturated carbocycles. The number of nitrogens with zero attached hydrogens (tertiary/aromatic N) is 1. The third-order valence-corrected chi connectivity index (χ3v) is 3.14. The lowest BCUT2D eigenvalue weighted by Gasteiger charge is -2.25. The van der Waals surface area contributed by atoms with Crippen LogP contribution in [0, 0.1) is 6.92 Å². The fourth-order valence-corrected chi connectivity index (χ4v) is 2.38. The number of rotatable bonds is 0. The molecular formula is C14H14N2. The highest BCUT2D eigenvalue weighted by Crippen LogP contribution is 2.34. The molecule has 1 heterocycles. The first-order valence-electron chi connectivity index (χ1n) is 5.48. The van der Waals surface area contributed by atoms with Gasteiger partial charge in [-0.2, -0.15) is 0 Å². The molecule has 0 aliphatic carbocycles. The zero-order valence-corrected chi connectivity index (χ0v) is 9.27. The number of nitrogens with two attached hydrogens (primary N) is 1. The van der Waals surface area contributed by atoms with Gasteiger partial charge >= 0.3 is 0 Å². The first kappa shape index (κ1) is 9.43. The Balaban J connectivity index is 2.46. The molecule has 0 unspecified atom stereocenters. The van der Waals surface area contributed by atoms with E-state index in [1.807, 2.05) is 5.01 Å². The Kier molecular flexibility index (Phi) is 1.98. The van der Waals surface area contributed by atoms with Gasteiger partial charge in [0.05, 0.1) is 12.2 Å². The molecule has 2 aromatic carbocycles. The lowest BCUT2D eigenvalue weighted by molar-refractivity contribution is 0.937. The molecule has 2 heteroatoms. The van der Waals surface area contributed by atoms with Gasteiger partial charge in [-0.25, -0.2) is 5.84 Å². The van der Waals surface area contributed by atoms with Crippen LogP contribution in [0.1, 0.15) is 11.1 Å². The van der Waals surface area contributed by atoms with E-state index < -0.39 is 0 Å². The molecule has 0 atom stereocenters. The van der Waals surface area contributed by atoms with Gasteiger partial charge in [0.1, 0.15) is 0 Å². The van der Waals surface area contributed by atoms with Crippen molar-refractivity contribution in [1.29, 1.82) is 0 Å². The highest BCUT2D eigenvalue weighted by molar-refractivity contribution is 6.01. The fourth-order valence-electron chi connectivity index (χ4n) is 2.38. The number of aryl methyl sites for hydroxylation is 1. The van der Waals surface area contributed by atoms with Crippen LogP contribution >= 0.6 is 0 Å². The number of hydrazine groups is 1. The number of benzene rings is 2. The van der Waals surface area contributed by atoms with Crippen LogP contribution in [0.15, 0.2) is 36.4 Å². The summed E-state index contributed by atoms with van der Waals surface area (Å²) in [6.07, 6.45) is 4.23. The van der Waals surface area contributed by atoms with E-state index in [1.54, 1.807) is 0 Å². The second kappa shape index (κ2) is 3.35. The smallest absolute Gasteiger partial charge is 0.0674 e. The van der Waals surface area contributed by atoms with Crippen LogP contribution in [-0.4, -0.2) is 6.54 Å². The molecule has 1 aliphatic rings. The van der Waals surface area contributed by atoms with Gasteiger partial charge in [-0.3, -0.25) is 0 Å². The summed E-state index contributed by atoms with van der Waals surface area (Å²) in [6.45, 7) is 2.91. The SMILES string of the molecule is Cc1cccc2ccc3c(c12)N(N)CC=C3. The third-order valence-electron chi connectivity index (χ3n) is 3.14. The predicted molar refractivity (Wildman–Crippen MR) is 69.3 cm³/mol. The molecule has 0 amide bonds. The number of hydrogen-bond donors (Lipinski definition) is 1. The molecule has 0 aromatic heterocycles. The van der Waals surface area contributed by atoms with Gasteiger partial charge < -0.3 is 5.01 Å². The maximum absolute atomic E-state index is 6.06. The summed E-state index contributed by atoms with van der Waals surface area (Å²) in [5, 5.41) is 4.35. The second-order valence-electron chi connectivity index (χ2n) is 4.23. The van der Waals surface area contributed by atoms with Gasteiger partial charge in [-0.1, -0.05) is 42.5 Å². The van der Waals surface area contributed by atoms with Crippen molar-refractivity contribution in [3.8, 4) is 0 Å². The van der Waals surface area contributed by atoms with Gasteiger partial charge in [0.25, 0.3) is 0 Å². The van der Waals surface area contributed by atoms with Crippen molar-refractivity contribution in [3.63, 3.8) is 0 Å². The molecule has 2 nitrogen and oxygen atoms in total. The molecular weight excluding hydrogens is 196 g/mol. The average Bonchev–Trinajstić information content (AvgIpc) is 2.29. The molecule has 80 valence electrons. The van der Waals surface area contributed by atoms with Crippen LogP contribution in [0.25, 0.3) is 16.8 Å². The van der Waals surface area contributed by atoms with E-state index in [9.17, 15) is 0 Å². The van der Waals surface area contributed by atoms with Gasteiger partial charge in [0.15, 0.2) is 0 Å². The summed E-state index contributed by atoms with van der Waals surface area (Å²) in [4.78, 5) is 0. The summed E-state index contributed by atoms with van der Waals surface area (Å²) in [5.41, 5.74) is 3.63. The van der Waals surface area contributed by atoms with Crippen molar-refractivity contribution in [2.45, 2.75) is 6.92 Å². The predicted octanol–water partition coefficient (Wildman–Crippen LogP) is 2.86. The standard InChI is InChI=1S/C14H14N2/c1-10-4-2-5-11-7-8-12-6-3-9-16(15)14(12)13(10)11/h2-8H,9,15H2,1H3. The Labute approximate surface area is 94.9 Å². The largest absolute Gasteiger partial charge is 0.306 e. The van der Waals surface area contributed by atoms with Crippen LogP contribution in [0.4, 0.5) is 5.69 Å². The zero-order chi connectivity index (χ0) is 11.1. The van der Waals surface area contributed by atoms with Crippen LogP contribution in [0.5, 0.6) is 0 Å². The van der Waals surface area contributed by atoms with Crippen molar-refractivity contribution < 1.29 is 0 Å². The van der Waals surface area contributed by atoms with Crippen molar-refractivity contribution in [2.24, 2.45) is 5.84 Å². The van der Waals surface area contributed by atoms with E-state index in [-0.39, 0.29) is 0 Å². The Hall–Kier alpha value is -1.80. The molecule has 0 fully saturated rings. The first-order chi connectivity index (χ1) is 7.77. The number of hydrogen-bond acceptors (Lipinski definition) is 2. The highest BCUT2D eigenvalue weighted by atomic mass is 15.4. The van der Waals surface area contributed by atoms with Crippen LogP contribution in [0.2, 0.25) is 0 Å². The zero-order valence-electron chi connectivity index (χ0n) is 9.27. The summed E-state index contributed by atoms with van der Waals surface area (Å²) in [5.74, 6) is 6.06. The van der Waals surface area contributed by atoms with Gasteiger partial charge in [-0.05, 0) is 23.4 Å². The molecule has 0 saturated heterocycles. The van der Waals surface area contributed by atoms with Gasteiger partial charge in [-0.15, -0.1) is 0 Å². The maximum Gasteiger partial charge on any atom is 0.0674 e. The van der Waals surface area contributed by atoms with Gasteiger partial charge in [0, 0.05) is 5.39 Å². The minimum Gasteiger partial charge on any atom is -0.306 e. The normalized spacial score (nSPS) is 14.2. The minimum atomic E-state index is 0.778. The third kappa shape index (κ3) is 1.24. The van der Waals surface area contributed by atoms with Crippen molar-refractivity contribution in [1.82, 2.24) is 0 Å². The lowest BCUT2D eigenvalue weighted by atomic mass is 9.98. The topological polar surface area (TPSA) is 29.3 Å². The van der Waals surface area contributed by atoms with Crippen molar-refractivity contribution >= 4 is 22.5 Å². The maximum atomic E-state index is 6.06. The van der Waals surface area contributed by atoms with E-state index in [1.165, 1.54) is 21.9 Å². The van der Waals surface area contributed by atoms with Crippen LogP contribution in [-0.2, 0) is 0 Å². The van der Waals surface area contributed by atoms with Gasteiger partial charge in [0.2, 0.25) is 0 Å². The van der Waals surface area contributed by atoms with Crippen LogP contribution in [0.3, 0.4) is 0 Å². The molecule has 16 heavy (non-hydrogen) atoms. The summed E-state index contributed by atoms with van der Waals surface area (Å²) in [7, 11) is 0. The number of anilines is 1. The Morgan fingerprint density at radius 1 is 1.19 bits per heavy atom. The lowest BCUT2D eigenvalue weighted by Crippen LogP contribution is -2.33. The molecule has 0 radical (unpaired) electrons. The molecule has 3 rings (SSSR count). The quantitative estimate of drug-likeness (QED) is 0.677. The summed E-state index contributed by atoms with van der Waals surface area (Å²) < 4.78 is 0. The molecule has 0 spiro atoms. The van der Waals surface area contributed by atoms with E-state index in [4.69, 9.17) is 5.84 Å². The molecule has 0 bridgehead atoms. The Morgan fingerprint density at radius 2 is 2.06 bits per heavy atom. The Morgan fingerprint density at radius 3 is 2.94 bits per heavy atom. The molecule has 2 N–H and O–H groups in total. The highest BCUT2D eigenvalue weighted by Gasteiger charge is 2.14. The van der Waals surface area contributed by atoms with E-state index in [2.05, 4.69) is 49.4 Å². The second-order valence-corrected chi connectivity index (χ2v) is 4.23. The Bertz CT molecular complexity index is 585. The van der Waals surface area contributed by atoms with Crippen molar-refractivity contribution in [2.75, 3.05) is 11.6 Å². The van der Waals surface area contributed by atoms with Crippen molar-refractivity contribution in [3.05, 3.63) is 47.5 Å². The minimum absolute atomic E-state index is 0.778.